The molecule has 3 aromatic carbocycles. The van der Waals surface area contributed by atoms with Gasteiger partial charge in [-0.1, -0.05) is 79.2 Å². The van der Waals surface area contributed by atoms with Crippen LogP contribution in [-0.4, -0.2) is 34.6 Å². The molecule has 0 aliphatic heterocycles. The molecule has 0 aliphatic rings. The number of benzene rings is 3. The molecule has 6 heteroatoms. The van der Waals surface area contributed by atoms with E-state index in [1.807, 2.05) is 98.8 Å². The van der Waals surface area contributed by atoms with Crippen LogP contribution in [0.4, 0.5) is 0 Å². The van der Waals surface area contributed by atoms with Gasteiger partial charge in [0.05, 0.1) is 5.75 Å². The molecule has 0 heterocycles. The summed E-state index contributed by atoms with van der Waals surface area (Å²) in [5, 5.41) is 3.73. The maximum absolute atomic E-state index is 13.6. The predicted molar refractivity (Wildman–Crippen MR) is 141 cm³/mol. The van der Waals surface area contributed by atoms with Crippen LogP contribution in [0.3, 0.4) is 0 Å². The van der Waals surface area contributed by atoms with Crippen molar-refractivity contribution in [3.8, 4) is 0 Å². The van der Waals surface area contributed by atoms with Crippen molar-refractivity contribution in [1.82, 2.24) is 10.2 Å². The van der Waals surface area contributed by atoms with E-state index >= 15 is 0 Å². The molecule has 178 valence electrons. The number of carbonyl (C=O) groups excluding carboxylic acids is 2. The van der Waals surface area contributed by atoms with Crippen LogP contribution >= 0.6 is 23.4 Å². The Labute approximate surface area is 211 Å². The fraction of sp³-hybridized carbons (Fsp3) is 0.286. The second-order valence-electron chi connectivity index (χ2n) is 8.27. The van der Waals surface area contributed by atoms with Crippen molar-refractivity contribution >= 4 is 35.2 Å². The predicted octanol–water partition coefficient (Wildman–Crippen LogP) is 5.99. The number of rotatable bonds is 11. The van der Waals surface area contributed by atoms with Crippen molar-refractivity contribution in [2.75, 3.05) is 5.75 Å². The second-order valence-corrected chi connectivity index (χ2v) is 9.76. The molecule has 0 saturated heterocycles. The van der Waals surface area contributed by atoms with E-state index < -0.39 is 6.04 Å². The molecule has 1 N–H and O–H groups in total. The van der Waals surface area contributed by atoms with E-state index in [-0.39, 0.29) is 23.6 Å². The number of carbonyl (C=O) groups is 2. The van der Waals surface area contributed by atoms with Gasteiger partial charge in [-0.05, 0) is 48.7 Å². The maximum Gasteiger partial charge on any atom is 0.243 e. The van der Waals surface area contributed by atoms with E-state index in [4.69, 9.17) is 11.6 Å². The molecule has 3 aromatic rings. The summed E-state index contributed by atoms with van der Waals surface area (Å²) in [6.45, 7) is 4.34. The van der Waals surface area contributed by atoms with Gasteiger partial charge in [0.2, 0.25) is 11.8 Å². The maximum atomic E-state index is 13.6. The van der Waals surface area contributed by atoms with Crippen LogP contribution in [0, 0.1) is 0 Å². The number of thioether (sulfide) groups is 1. The Morgan fingerprint density at radius 1 is 0.912 bits per heavy atom. The fourth-order valence-electron chi connectivity index (χ4n) is 3.53. The number of hydrogen-bond donors (Lipinski definition) is 1. The Kier molecular flexibility index (Phi) is 10.0. The highest BCUT2D eigenvalue weighted by Crippen LogP contribution is 2.21. The normalized spacial score (nSPS) is 12.6. The van der Waals surface area contributed by atoms with Crippen LogP contribution in [0.2, 0.25) is 5.02 Å². The molecule has 2 atom stereocenters. The molecule has 0 aromatic heterocycles. The Morgan fingerprint density at radius 3 is 2.15 bits per heavy atom. The van der Waals surface area contributed by atoms with Gasteiger partial charge < -0.3 is 10.2 Å². The van der Waals surface area contributed by atoms with Gasteiger partial charge in [0.25, 0.3) is 0 Å². The molecule has 3 rings (SSSR count). The summed E-state index contributed by atoms with van der Waals surface area (Å²) in [5.41, 5.74) is 1.94. The molecular weight excluding hydrogens is 464 g/mol. The van der Waals surface area contributed by atoms with Crippen LogP contribution in [-0.2, 0) is 22.6 Å². The van der Waals surface area contributed by atoms with Crippen molar-refractivity contribution in [1.29, 1.82) is 0 Å². The fourth-order valence-corrected chi connectivity index (χ4v) is 4.46. The zero-order valence-corrected chi connectivity index (χ0v) is 21.2. The van der Waals surface area contributed by atoms with E-state index in [1.54, 1.807) is 4.90 Å². The lowest BCUT2D eigenvalue weighted by Gasteiger charge is -2.32. The van der Waals surface area contributed by atoms with Crippen molar-refractivity contribution in [2.24, 2.45) is 0 Å². The van der Waals surface area contributed by atoms with Gasteiger partial charge in [-0.25, -0.2) is 0 Å². The van der Waals surface area contributed by atoms with Crippen LogP contribution in [0.25, 0.3) is 0 Å². The molecule has 0 saturated carbocycles. The first kappa shape index (κ1) is 25.9. The van der Waals surface area contributed by atoms with Gasteiger partial charge in [-0.2, -0.15) is 0 Å². The average molecular weight is 495 g/mol. The Balaban J connectivity index is 1.90. The monoisotopic (exact) mass is 494 g/mol. The smallest absolute Gasteiger partial charge is 0.243 e. The minimum absolute atomic E-state index is 0.0250. The van der Waals surface area contributed by atoms with E-state index in [2.05, 4.69) is 5.32 Å². The summed E-state index contributed by atoms with van der Waals surface area (Å²) >= 11 is 7.55. The lowest BCUT2D eigenvalue weighted by atomic mass is 10.0. The van der Waals surface area contributed by atoms with Crippen LogP contribution < -0.4 is 5.32 Å². The van der Waals surface area contributed by atoms with E-state index in [1.165, 1.54) is 11.8 Å². The molecule has 0 unspecified atom stereocenters. The van der Waals surface area contributed by atoms with Gasteiger partial charge in [0.1, 0.15) is 6.04 Å². The zero-order chi connectivity index (χ0) is 24.3. The average Bonchev–Trinajstić information content (AvgIpc) is 2.87. The summed E-state index contributed by atoms with van der Waals surface area (Å²) in [5.74, 6) is 0.0359. The SMILES string of the molecule is CC[C@H](C)NC(=O)[C@H](Cc1ccccc1)N(Cc1ccc(Cl)cc1)C(=O)CSc1ccccc1. The third kappa shape index (κ3) is 7.93. The van der Waals surface area contributed by atoms with Gasteiger partial charge in [-0.3, -0.25) is 9.59 Å². The molecule has 0 spiro atoms. The molecule has 0 radical (unpaired) electrons. The Morgan fingerprint density at radius 2 is 1.53 bits per heavy atom. The number of halogens is 1. The van der Waals surface area contributed by atoms with E-state index in [0.717, 1.165) is 22.4 Å². The summed E-state index contributed by atoms with van der Waals surface area (Å²) in [4.78, 5) is 29.8. The molecule has 0 aliphatic carbocycles. The van der Waals surface area contributed by atoms with Crippen LogP contribution in [0.15, 0.2) is 89.8 Å². The summed E-state index contributed by atoms with van der Waals surface area (Å²) in [6.07, 6.45) is 1.26. The van der Waals surface area contributed by atoms with Crippen LogP contribution in [0.5, 0.6) is 0 Å². The lowest BCUT2D eigenvalue weighted by Crippen LogP contribution is -2.52. The van der Waals surface area contributed by atoms with E-state index in [9.17, 15) is 9.59 Å². The second kappa shape index (κ2) is 13.2. The number of nitrogens with one attached hydrogen (secondary N) is 1. The molecule has 0 bridgehead atoms. The van der Waals surface area contributed by atoms with Gasteiger partial charge in [0, 0.05) is 28.9 Å². The first-order valence-electron chi connectivity index (χ1n) is 11.5. The highest BCUT2D eigenvalue weighted by molar-refractivity contribution is 8.00. The van der Waals surface area contributed by atoms with Crippen molar-refractivity contribution in [3.05, 3.63) is 101 Å². The number of hydrogen-bond acceptors (Lipinski definition) is 3. The van der Waals surface area contributed by atoms with Crippen molar-refractivity contribution < 1.29 is 9.59 Å². The first-order chi connectivity index (χ1) is 16.5. The van der Waals surface area contributed by atoms with Gasteiger partial charge in [0.15, 0.2) is 0 Å². The Bertz CT molecular complexity index is 1050. The molecule has 4 nitrogen and oxygen atoms in total. The van der Waals surface area contributed by atoms with Crippen LogP contribution in [0.1, 0.15) is 31.4 Å². The van der Waals surface area contributed by atoms with E-state index in [0.29, 0.717) is 18.0 Å². The largest absolute Gasteiger partial charge is 0.352 e. The lowest BCUT2D eigenvalue weighted by molar-refractivity contribution is -0.139. The summed E-state index contributed by atoms with van der Waals surface area (Å²) in [6, 6.07) is 26.5. The standard InChI is InChI=1S/C28H31ClN2O2S/c1-3-21(2)30-28(33)26(18-22-10-6-4-7-11-22)31(19-23-14-16-24(29)17-15-23)27(32)20-34-25-12-8-5-9-13-25/h4-17,21,26H,3,18-20H2,1-2H3,(H,30,33)/t21-,26-/m0/s1. The Hall–Kier alpha value is -2.76. The summed E-state index contributed by atoms with van der Waals surface area (Å²) in [7, 11) is 0. The van der Waals surface area contributed by atoms with Gasteiger partial charge in [-0.15, -0.1) is 11.8 Å². The minimum atomic E-state index is -0.629. The van der Waals surface area contributed by atoms with Gasteiger partial charge >= 0.3 is 0 Å². The number of nitrogens with zero attached hydrogens (tertiary/aromatic N) is 1. The molecular formula is C28H31ClN2O2S. The third-order valence-electron chi connectivity index (χ3n) is 5.64. The highest BCUT2D eigenvalue weighted by Gasteiger charge is 2.30. The highest BCUT2D eigenvalue weighted by atomic mass is 35.5. The molecule has 34 heavy (non-hydrogen) atoms. The topological polar surface area (TPSA) is 49.4 Å². The third-order valence-corrected chi connectivity index (χ3v) is 6.89. The van der Waals surface area contributed by atoms with Crippen molar-refractivity contribution in [2.45, 2.75) is 50.2 Å². The molecule has 2 amide bonds. The molecule has 0 fully saturated rings. The minimum Gasteiger partial charge on any atom is -0.352 e. The number of amides is 2. The zero-order valence-electron chi connectivity index (χ0n) is 19.6. The van der Waals surface area contributed by atoms with Crippen molar-refractivity contribution in [3.63, 3.8) is 0 Å². The quantitative estimate of drug-likeness (QED) is 0.333. The first-order valence-corrected chi connectivity index (χ1v) is 12.9. The summed E-state index contributed by atoms with van der Waals surface area (Å²) < 4.78 is 0.